The molecule has 220 valence electrons. The van der Waals surface area contributed by atoms with Crippen molar-refractivity contribution in [2.75, 3.05) is 46.8 Å². The van der Waals surface area contributed by atoms with E-state index in [1.54, 1.807) is 13.0 Å². The lowest BCUT2D eigenvalue weighted by atomic mass is 9.67. The maximum Gasteiger partial charge on any atom is 0.342 e. The zero-order valence-corrected chi connectivity index (χ0v) is 24.0. The molecule has 1 N–H and O–H groups in total. The molecule has 8 nitrogen and oxygen atoms in total. The van der Waals surface area contributed by atoms with Crippen molar-refractivity contribution in [2.24, 2.45) is 0 Å². The van der Waals surface area contributed by atoms with Crippen LogP contribution >= 0.6 is 0 Å². The van der Waals surface area contributed by atoms with Crippen LogP contribution in [0.2, 0.25) is 0 Å². The van der Waals surface area contributed by atoms with Gasteiger partial charge in [0.1, 0.15) is 36.9 Å². The van der Waals surface area contributed by atoms with Crippen molar-refractivity contribution in [3.8, 4) is 11.5 Å². The highest BCUT2D eigenvalue weighted by Gasteiger charge is 2.36. The van der Waals surface area contributed by atoms with Gasteiger partial charge in [-0.05, 0) is 53.8 Å². The Labute approximate surface area is 246 Å². The van der Waals surface area contributed by atoms with Gasteiger partial charge in [0, 0.05) is 11.0 Å². The number of rotatable bonds is 14. The summed E-state index contributed by atoms with van der Waals surface area (Å²) < 4.78 is 27.2. The molecule has 0 aromatic heterocycles. The first kappa shape index (κ1) is 30.6. The number of hydrogen-bond acceptors (Lipinski definition) is 8. The van der Waals surface area contributed by atoms with Crippen LogP contribution in [0, 0.1) is 0 Å². The molecule has 0 bridgehead atoms. The minimum Gasteiger partial charge on any atom is -0.491 e. The van der Waals surface area contributed by atoms with Gasteiger partial charge in [-0.2, -0.15) is 0 Å². The molecule has 8 heteroatoms. The molecule has 1 unspecified atom stereocenters. The molecule has 0 spiro atoms. The van der Waals surface area contributed by atoms with Crippen molar-refractivity contribution < 1.29 is 38.4 Å². The Bertz CT molecular complexity index is 1410. The number of esters is 2. The van der Waals surface area contributed by atoms with E-state index in [4.69, 9.17) is 28.8 Å². The highest BCUT2D eigenvalue weighted by molar-refractivity contribution is 5.97. The van der Waals surface area contributed by atoms with E-state index in [9.17, 15) is 9.59 Å². The van der Waals surface area contributed by atoms with Crippen LogP contribution in [0.1, 0.15) is 39.5 Å². The van der Waals surface area contributed by atoms with Crippen LogP contribution in [0.4, 0.5) is 0 Å². The summed E-state index contributed by atoms with van der Waals surface area (Å²) in [5.74, 6) is 0.0675. The Morgan fingerprint density at radius 2 is 1.60 bits per heavy atom. The first-order valence-electron chi connectivity index (χ1n) is 13.8. The summed E-state index contributed by atoms with van der Waals surface area (Å²) in [6.07, 6.45) is 4.67. The Morgan fingerprint density at radius 1 is 0.881 bits per heavy atom. The monoisotopic (exact) mass is 572 g/mol. The summed E-state index contributed by atoms with van der Waals surface area (Å²) in [5.41, 5.74) is 4.00. The molecule has 0 heterocycles. The summed E-state index contributed by atoms with van der Waals surface area (Å²) in [5, 5.41) is 8.84. The summed E-state index contributed by atoms with van der Waals surface area (Å²) in [6, 6.07) is 21.9. The van der Waals surface area contributed by atoms with E-state index in [-0.39, 0.29) is 26.4 Å². The Balaban J connectivity index is 1.62. The fourth-order valence-corrected chi connectivity index (χ4v) is 4.95. The molecule has 0 radical (unpaired) electrons. The number of methoxy groups -OCH3 is 1. The topological polar surface area (TPSA) is 101 Å². The SMILES string of the molecule is C=C(C)C(=O)OCCOc1ccc2c(c1C(=O)OC)C=CC(c1ccccc1)(c1ccc(OCCOCCO)cc1)C2. The third-order valence-electron chi connectivity index (χ3n) is 7.00. The van der Waals surface area contributed by atoms with Crippen LogP contribution in [0.25, 0.3) is 6.08 Å². The quantitative estimate of drug-likeness (QED) is 0.165. The van der Waals surface area contributed by atoms with Crippen LogP contribution in [-0.4, -0.2) is 63.8 Å². The number of ether oxygens (including phenoxy) is 5. The Hall–Kier alpha value is -4.40. The van der Waals surface area contributed by atoms with Crippen molar-refractivity contribution in [3.05, 3.63) is 113 Å². The van der Waals surface area contributed by atoms with E-state index in [0.29, 0.717) is 36.5 Å². The number of allylic oxidation sites excluding steroid dienone is 1. The van der Waals surface area contributed by atoms with Crippen molar-refractivity contribution >= 4 is 18.0 Å². The number of aliphatic hydroxyl groups excluding tert-OH is 1. The van der Waals surface area contributed by atoms with E-state index >= 15 is 0 Å². The third-order valence-corrected chi connectivity index (χ3v) is 7.00. The van der Waals surface area contributed by atoms with Gasteiger partial charge in [-0.25, -0.2) is 9.59 Å². The fraction of sp³-hybridized carbons (Fsp3) is 0.294. The van der Waals surface area contributed by atoms with E-state index < -0.39 is 17.4 Å². The summed E-state index contributed by atoms with van der Waals surface area (Å²) >= 11 is 0. The maximum absolute atomic E-state index is 13.0. The van der Waals surface area contributed by atoms with Crippen LogP contribution in [0.5, 0.6) is 11.5 Å². The number of carbonyl (C=O) groups is 2. The minimum atomic E-state index is -0.512. The highest BCUT2D eigenvalue weighted by atomic mass is 16.6. The van der Waals surface area contributed by atoms with Gasteiger partial charge in [0.05, 0.1) is 26.9 Å². The van der Waals surface area contributed by atoms with E-state index in [1.165, 1.54) is 7.11 Å². The molecule has 1 aliphatic carbocycles. The second-order valence-electron chi connectivity index (χ2n) is 9.82. The molecule has 3 aromatic rings. The summed E-state index contributed by atoms with van der Waals surface area (Å²) in [7, 11) is 1.34. The zero-order valence-electron chi connectivity index (χ0n) is 24.0. The van der Waals surface area contributed by atoms with Crippen LogP contribution in [-0.2, 0) is 30.8 Å². The molecule has 4 rings (SSSR count). The van der Waals surface area contributed by atoms with Crippen molar-refractivity contribution in [2.45, 2.75) is 18.8 Å². The van der Waals surface area contributed by atoms with Gasteiger partial charge in [-0.1, -0.05) is 67.3 Å². The first-order valence-corrected chi connectivity index (χ1v) is 13.8. The second-order valence-corrected chi connectivity index (χ2v) is 9.82. The number of aliphatic hydroxyl groups is 1. The lowest BCUT2D eigenvalue weighted by Crippen LogP contribution is -2.31. The van der Waals surface area contributed by atoms with E-state index in [2.05, 4.69) is 36.9 Å². The fourth-order valence-electron chi connectivity index (χ4n) is 4.95. The Kier molecular flexibility index (Phi) is 10.5. The van der Waals surface area contributed by atoms with Crippen molar-refractivity contribution in [1.82, 2.24) is 0 Å². The molecule has 0 saturated carbocycles. The van der Waals surface area contributed by atoms with Crippen molar-refractivity contribution in [3.63, 3.8) is 0 Å². The van der Waals surface area contributed by atoms with Gasteiger partial charge in [-0.15, -0.1) is 0 Å². The maximum atomic E-state index is 13.0. The number of hydrogen-bond donors (Lipinski definition) is 1. The largest absolute Gasteiger partial charge is 0.491 e. The molecular formula is C34H36O8. The molecule has 1 aliphatic rings. The van der Waals surface area contributed by atoms with Crippen molar-refractivity contribution in [1.29, 1.82) is 0 Å². The number of benzene rings is 3. The average Bonchev–Trinajstić information content (AvgIpc) is 3.02. The Morgan fingerprint density at radius 3 is 2.29 bits per heavy atom. The van der Waals surface area contributed by atoms with Crippen LogP contribution in [0.15, 0.2) is 85.0 Å². The third kappa shape index (κ3) is 7.08. The highest BCUT2D eigenvalue weighted by Crippen LogP contribution is 2.44. The predicted molar refractivity (Wildman–Crippen MR) is 159 cm³/mol. The normalized spacial score (nSPS) is 15.4. The van der Waals surface area contributed by atoms with Gasteiger partial charge in [0.2, 0.25) is 0 Å². The molecular weight excluding hydrogens is 536 g/mol. The molecule has 42 heavy (non-hydrogen) atoms. The van der Waals surface area contributed by atoms with Gasteiger partial charge >= 0.3 is 11.9 Å². The minimum absolute atomic E-state index is 0.0185. The molecule has 0 saturated heterocycles. The van der Waals surface area contributed by atoms with Crippen LogP contribution in [0.3, 0.4) is 0 Å². The molecule has 1 atom stereocenters. The average molecular weight is 573 g/mol. The van der Waals surface area contributed by atoms with E-state index in [1.807, 2.05) is 42.5 Å². The molecule has 3 aromatic carbocycles. The second kappa shape index (κ2) is 14.5. The smallest absolute Gasteiger partial charge is 0.342 e. The predicted octanol–water partition coefficient (Wildman–Crippen LogP) is 4.91. The molecule has 0 amide bonds. The standard InChI is InChI=1S/C34H36O8/c1-24(2)32(36)42-22-21-41-30-14-9-25-23-34(26-7-5-4-6-8-26,16-15-29(25)31(30)33(37)38-3)27-10-12-28(13-11-27)40-20-19-39-18-17-35/h4-16,35H,1,17-23H2,2-3H3. The molecule has 0 aliphatic heterocycles. The molecule has 0 fully saturated rings. The summed E-state index contributed by atoms with van der Waals surface area (Å²) in [6.45, 7) is 6.27. The van der Waals surface area contributed by atoms with Gasteiger partial charge < -0.3 is 28.8 Å². The van der Waals surface area contributed by atoms with Gasteiger partial charge in [-0.3, -0.25) is 0 Å². The lowest BCUT2D eigenvalue weighted by Gasteiger charge is -2.36. The van der Waals surface area contributed by atoms with Gasteiger partial charge in [0.15, 0.2) is 0 Å². The number of carbonyl (C=O) groups excluding carboxylic acids is 2. The number of fused-ring (bicyclic) bond motifs is 1. The van der Waals surface area contributed by atoms with E-state index in [0.717, 1.165) is 28.0 Å². The summed E-state index contributed by atoms with van der Waals surface area (Å²) in [4.78, 5) is 24.6. The zero-order chi connectivity index (χ0) is 30.0. The first-order chi connectivity index (χ1) is 20.4. The lowest BCUT2D eigenvalue weighted by molar-refractivity contribution is -0.139. The van der Waals surface area contributed by atoms with Crippen LogP contribution < -0.4 is 9.47 Å². The van der Waals surface area contributed by atoms with Gasteiger partial charge in [0.25, 0.3) is 0 Å².